The highest BCUT2D eigenvalue weighted by Crippen LogP contribution is 2.56. The first-order chi connectivity index (χ1) is 56.8. The summed E-state index contributed by atoms with van der Waals surface area (Å²) in [5, 5.41) is 117. The highest BCUT2D eigenvalue weighted by Gasteiger charge is 2.52. The van der Waals surface area contributed by atoms with Gasteiger partial charge in [-0.2, -0.15) is 0 Å². The lowest BCUT2D eigenvalue weighted by Gasteiger charge is -2.54. The van der Waals surface area contributed by atoms with Gasteiger partial charge < -0.3 is 122 Å². The number of carbonyl (C=O) groups is 8. The lowest BCUT2D eigenvalue weighted by atomic mass is 9.54. The zero-order valence-corrected chi connectivity index (χ0v) is 66.6. The number of nitrogens with one attached hydrogen (secondary N) is 9. The maximum Gasteiger partial charge on any atom is 0.264 e. The zero-order chi connectivity index (χ0) is 84.8. The average molecular weight is 1690 g/mol. The molecule has 8 amide bonds. The molecule has 0 unspecified atom stereocenters. The summed E-state index contributed by atoms with van der Waals surface area (Å²) in [5.41, 5.74) is 3.99. The summed E-state index contributed by atoms with van der Waals surface area (Å²) in [6.07, 6.45) is -10.3. The molecular weight excluding hydrogens is 1590 g/mol. The van der Waals surface area contributed by atoms with Crippen molar-refractivity contribution in [2.24, 2.45) is 35.3 Å². The lowest BCUT2D eigenvalue weighted by Crippen LogP contribution is -2.60. The predicted octanol–water partition coefficient (Wildman–Crippen LogP) is 1.58. The molecule has 15 bridgehead atoms. The fourth-order valence-electron chi connectivity index (χ4n) is 17.4. The minimum atomic E-state index is -4.92. The molecule has 5 fully saturated rings. The van der Waals surface area contributed by atoms with Crippen molar-refractivity contribution in [2.45, 2.75) is 168 Å². The van der Waals surface area contributed by atoms with E-state index in [2.05, 4.69) is 42.5 Å². The highest BCUT2D eigenvalue weighted by atomic mass is 35.5. The van der Waals surface area contributed by atoms with Gasteiger partial charge in [0.2, 0.25) is 65.1 Å². The van der Waals surface area contributed by atoms with Crippen LogP contribution in [-0.2, 0) is 68.4 Å². The van der Waals surface area contributed by atoms with E-state index in [0.717, 1.165) is 74.6 Å². The van der Waals surface area contributed by atoms with Crippen molar-refractivity contribution in [1.29, 1.82) is 0 Å². The molecule has 6 aliphatic heterocycles. The molecule has 6 aromatic carbocycles. The Labute approximate surface area is 687 Å². The summed E-state index contributed by atoms with van der Waals surface area (Å²) in [4.78, 5) is 124. The number of rotatable bonds is 22. The van der Waals surface area contributed by atoms with Gasteiger partial charge in [-0.1, -0.05) is 55.8 Å². The molecule has 17 rings (SSSR count). The van der Waals surface area contributed by atoms with Gasteiger partial charge in [-0.15, -0.1) is 0 Å². The van der Waals surface area contributed by atoms with E-state index in [1.54, 1.807) is 0 Å². The molecule has 14 atom stereocenters. The van der Waals surface area contributed by atoms with Crippen LogP contribution in [0.4, 0.5) is 0 Å². The monoisotopic (exact) mass is 1690 g/mol. The summed E-state index contributed by atoms with van der Waals surface area (Å²) in [6.45, 7) is 6.32. The van der Waals surface area contributed by atoms with Crippen LogP contribution in [0, 0.1) is 29.6 Å². The van der Waals surface area contributed by atoms with E-state index in [-0.39, 0.29) is 117 Å². The number of fused-ring (bicyclic) bond motifs is 12. The fraction of sp³-hybridized carbons (Fsp3) is 0.463. The van der Waals surface area contributed by atoms with Crippen molar-refractivity contribution >= 4 is 68.9 Å². The number of amides is 8. The van der Waals surface area contributed by atoms with Gasteiger partial charge in [-0.3, -0.25) is 38.4 Å². The number of phenolic OH excluding ortho intramolecular Hbond substituents is 1. The third-order valence-electron chi connectivity index (χ3n) is 23.2. The predicted molar refractivity (Wildman–Crippen MR) is 418 cm³/mol. The normalized spacial score (nSPS) is 28.2. The number of phenols is 1. The van der Waals surface area contributed by atoms with Gasteiger partial charge >= 0.3 is 0 Å². The number of ether oxygens (including phenoxy) is 7. The number of benzene rings is 6. The molecule has 6 heterocycles. The van der Waals surface area contributed by atoms with E-state index in [4.69, 9.17) is 50.5 Å². The first-order valence-electron chi connectivity index (χ1n) is 39.4. The Bertz CT molecular complexity index is 4980. The quantitative estimate of drug-likeness (QED) is 0.0339. The second-order valence-electron chi connectivity index (χ2n) is 31.7. The molecule has 11 aliphatic rings. The molecule has 119 heavy (non-hydrogen) atoms. The summed E-state index contributed by atoms with van der Waals surface area (Å²) < 4.78 is 72.6. The smallest absolute Gasteiger partial charge is 0.264 e. The standard InChI is InChI=1S/C82H95ClN10O25S/c1-5-112-18-19-113-20-21-114-46-12-14-48(15-13-46)119(110,111)93-60(95)34-55-75(102)88-64-44-30-57(73(118-81-72(100)71(99)70(98)59(35-84)117-81)58(31-44)116-56-17-9-41(29-53(56)83)69(97)67(79(106)86-55)91-74(101)54(85-4)22-36(2)3)115-47-10-6-39(7-11-47)68(96)66-80(107)90-65(78(105)87-62-42-24-37-23-38(26-42)27-43(62)25-37)50-32-45(94)33-52-61(50)49-28-40(8-16-51(49)82(52,108)109)63(76(103)92-66)89-77(64)104/h6-17,28-33,36-38,42-43,54-55,59,62-72,81,85,94,96-100,108-109H,5,18-27,34-35,84H2,1-4H3,(H,86,106)(H,87,105)(H,88,102)(H,89,104)(H,90,107)(H,91,101)(H,92,103)(H,93,95)/t37?,38?,42?,43?,54-,55+,59-,62?,63-,64-,65+,66+,67-,68-,69-,70-,71+,72-,81+/m1/s1. The number of nitrogens with two attached hydrogens (primary N) is 1. The Morgan fingerprint density at radius 2 is 1.30 bits per heavy atom. The second kappa shape index (κ2) is 35.3. The van der Waals surface area contributed by atoms with Crippen LogP contribution < -0.4 is 71.9 Å². The minimum Gasteiger partial charge on any atom is -0.508 e. The number of aliphatic hydroxyl groups is 7. The van der Waals surface area contributed by atoms with Crippen molar-refractivity contribution in [3.63, 3.8) is 0 Å². The Morgan fingerprint density at radius 1 is 0.655 bits per heavy atom. The summed E-state index contributed by atoms with van der Waals surface area (Å²) in [5.74, 6) is -14.7. The molecule has 0 spiro atoms. The Balaban J connectivity index is 0.923. The summed E-state index contributed by atoms with van der Waals surface area (Å²) in [6, 6.07) is 6.93. The van der Waals surface area contributed by atoms with Crippen LogP contribution >= 0.6 is 11.6 Å². The Hall–Kier alpha value is -10.2. The maximum atomic E-state index is 16.5. The number of hydrogen-bond donors (Lipinski definition) is 18. The van der Waals surface area contributed by atoms with Crippen LogP contribution in [0.3, 0.4) is 0 Å². The average Bonchev–Trinajstić information content (AvgIpc) is 1.57. The minimum absolute atomic E-state index is 0.0524. The van der Waals surface area contributed by atoms with E-state index in [1.165, 1.54) is 73.8 Å². The number of aliphatic hydroxyl groups excluding tert-OH is 5. The Morgan fingerprint density at radius 3 is 1.97 bits per heavy atom. The van der Waals surface area contributed by atoms with E-state index < -0.39 is 195 Å². The molecule has 1 saturated heterocycles. The van der Waals surface area contributed by atoms with Crippen LogP contribution in [0.1, 0.15) is 135 Å². The molecular formula is C82H95ClN10O25S. The number of likely N-dealkylation sites (N-methyl/N-ethyl adjacent to an activating group) is 1. The molecule has 19 N–H and O–H groups in total. The first kappa shape index (κ1) is 85.3. The molecule has 5 aliphatic carbocycles. The SMILES string of the molecule is CCOCCOCCOc1ccc(S(=O)(=O)NC(=O)C[C@@H]2NC(=O)[C@H](NC(=O)[C@@H](CC(C)C)NC)[C@H](O)c3ccc(c(Cl)c3)Oc3cc4cc(c3O[C@@H]3O[C@H](CN)[C@@H](O)[C@H](O)[C@H]3O)Oc3ccc(cc3)[C@@H](O)[C@@H]3NC(=O)[C@H](NC(=O)[C@@H]4NC2=O)c2ccc4c(c2)-c2c(cc(O)cc2C4(O)O)[C@@H](C(=O)NC2C4CC5CC(C4)CC2C5)NC3=O)cc1. The van der Waals surface area contributed by atoms with Gasteiger partial charge in [0.15, 0.2) is 11.5 Å². The topological polar surface area (TPSA) is 531 Å². The van der Waals surface area contributed by atoms with E-state index in [1.807, 2.05) is 25.5 Å². The maximum absolute atomic E-state index is 16.5. The number of hydrogen-bond acceptors (Lipinski definition) is 27. The molecule has 4 saturated carbocycles. The third-order valence-corrected chi connectivity index (χ3v) is 24.8. The molecule has 6 aromatic rings. The van der Waals surface area contributed by atoms with Gasteiger partial charge in [0.25, 0.3) is 10.0 Å². The van der Waals surface area contributed by atoms with E-state index in [0.29, 0.717) is 25.0 Å². The van der Waals surface area contributed by atoms with Crippen molar-refractivity contribution in [3.05, 3.63) is 153 Å². The van der Waals surface area contributed by atoms with Crippen LogP contribution in [0.2, 0.25) is 5.02 Å². The van der Waals surface area contributed by atoms with Crippen molar-refractivity contribution in [2.75, 3.05) is 46.6 Å². The van der Waals surface area contributed by atoms with Gasteiger partial charge in [-0.25, -0.2) is 13.1 Å². The molecule has 35 nitrogen and oxygen atoms in total. The van der Waals surface area contributed by atoms with E-state index >= 15 is 28.8 Å². The fourth-order valence-corrected chi connectivity index (χ4v) is 18.7. The lowest BCUT2D eigenvalue weighted by molar-refractivity contribution is -0.270. The molecule has 0 aromatic heterocycles. The van der Waals surface area contributed by atoms with Gasteiger partial charge in [0, 0.05) is 30.3 Å². The number of aromatic hydroxyl groups is 1. The van der Waals surface area contributed by atoms with Crippen LogP contribution in [-0.4, -0.2) is 204 Å². The second-order valence-corrected chi connectivity index (χ2v) is 33.7. The molecule has 0 radical (unpaired) electrons. The van der Waals surface area contributed by atoms with Crippen LogP contribution in [0.5, 0.6) is 40.2 Å². The van der Waals surface area contributed by atoms with Crippen molar-refractivity contribution < 1.29 is 121 Å². The van der Waals surface area contributed by atoms with Crippen molar-refractivity contribution in [1.82, 2.24) is 47.3 Å². The summed E-state index contributed by atoms with van der Waals surface area (Å²) in [7, 11) is -3.45. The van der Waals surface area contributed by atoms with Gasteiger partial charge in [-0.05, 0) is 200 Å². The van der Waals surface area contributed by atoms with Gasteiger partial charge in [0.1, 0.15) is 102 Å². The number of sulfonamides is 1. The highest BCUT2D eigenvalue weighted by molar-refractivity contribution is 7.90. The van der Waals surface area contributed by atoms with E-state index in [9.17, 15) is 58.9 Å². The Kier molecular flexibility index (Phi) is 25.3. The first-order valence-corrected chi connectivity index (χ1v) is 41.2. The third kappa shape index (κ3) is 17.9. The van der Waals surface area contributed by atoms with Crippen LogP contribution in [0.15, 0.2) is 114 Å². The summed E-state index contributed by atoms with van der Waals surface area (Å²) >= 11 is 7.11. The molecule has 37 heteroatoms. The van der Waals surface area contributed by atoms with Crippen LogP contribution in [0.25, 0.3) is 11.1 Å². The zero-order valence-electron chi connectivity index (χ0n) is 65.0. The number of carbonyl (C=O) groups excluding carboxylic acids is 8. The van der Waals surface area contributed by atoms with Crippen molar-refractivity contribution in [3.8, 4) is 51.4 Å². The molecule has 636 valence electrons. The largest absolute Gasteiger partial charge is 0.508 e. The number of halogens is 1. The van der Waals surface area contributed by atoms with Gasteiger partial charge in [0.05, 0.1) is 42.2 Å².